The first-order valence-electron chi connectivity index (χ1n) is 14.1. The number of fused-ring (bicyclic) bond motifs is 1. The molecule has 1 aliphatic carbocycles. The molecule has 0 radical (unpaired) electrons. The summed E-state index contributed by atoms with van der Waals surface area (Å²) in [6.07, 6.45) is 8.64. The zero-order valence-corrected chi connectivity index (χ0v) is 23.5. The van der Waals surface area contributed by atoms with Gasteiger partial charge >= 0.3 is 5.97 Å². The number of carbonyl (C=O) groups is 1. The average molecular weight is 568 g/mol. The van der Waals surface area contributed by atoms with Crippen molar-refractivity contribution in [2.75, 3.05) is 13.2 Å². The lowest BCUT2D eigenvalue weighted by molar-refractivity contribution is -0.385. The molecule has 5 rings (SSSR count). The number of hydrogen-bond acceptors (Lipinski definition) is 7. The van der Waals surface area contributed by atoms with Crippen LogP contribution in [-0.2, 0) is 34.5 Å². The van der Waals surface area contributed by atoms with E-state index in [1.54, 1.807) is 31.2 Å². The van der Waals surface area contributed by atoms with Crippen LogP contribution in [0.5, 0.6) is 0 Å². The number of rotatable bonds is 10. The Morgan fingerprint density at radius 1 is 0.976 bits per heavy atom. The molecule has 1 aliphatic heterocycles. The molecule has 0 saturated carbocycles. The molecule has 9 heteroatoms. The third-order valence-electron chi connectivity index (χ3n) is 8.15. The topological polar surface area (TPSA) is 116 Å². The number of nitrogens with zero attached hydrogens (tertiary/aromatic N) is 3. The maximum absolute atomic E-state index is 12.1. The minimum atomic E-state index is -0.542. The number of nitro groups is 2. The van der Waals surface area contributed by atoms with Crippen molar-refractivity contribution in [1.29, 1.82) is 0 Å². The van der Waals surface area contributed by atoms with Crippen LogP contribution in [0.3, 0.4) is 0 Å². The Balaban J connectivity index is 1.45. The van der Waals surface area contributed by atoms with Crippen LogP contribution < -0.4 is 0 Å². The van der Waals surface area contributed by atoms with Crippen LogP contribution in [0, 0.1) is 20.2 Å². The Morgan fingerprint density at radius 3 is 2.33 bits per heavy atom. The highest BCUT2D eigenvalue weighted by molar-refractivity contribution is 5.69. The molecule has 0 spiro atoms. The first kappa shape index (κ1) is 28.9. The van der Waals surface area contributed by atoms with Gasteiger partial charge in [0.1, 0.15) is 0 Å². The van der Waals surface area contributed by atoms with E-state index in [4.69, 9.17) is 4.74 Å². The Hall–Kier alpha value is -4.63. The number of carbonyl (C=O) groups excluding carboxylic acids is 1. The van der Waals surface area contributed by atoms with E-state index in [2.05, 4.69) is 35.3 Å². The van der Waals surface area contributed by atoms with Crippen molar-refractivity contribution < 1.29 is 19.4 Å². The SMILES string of the molecule is CCOC(=O)CCC1=CC=CC(c2ccc([N+](=O)[O-])cc2)(c2cccc3c2CCN(Cc2ccc([N+](=O)[O-])cc2)C3)C1. The van der Waals surface area contributed by atoms with Gasteiger partial charge in [0.2, 0.25) is 0 Å². The number of esters is 1. The van der Waals surface area contributed by atoms with E-state index in [0.29, 0.717) is 32.4 Å². The van der Waals surface area contributed by atoms with Crippen LogP contribution in [0.4, 0.5) is 11.4 Å². The Bertz CT molecular complexity index is 1540. The molecule has 0 amide bonds. The maximum Gasteiger partial charge on any atom is 0.306 e. The van der Waals surface area contributed by atoms with Crippen LogP contribution in [0.25, 0.3) is 0 Å². The Labute approximate surface area is 244 Å². The van der Waals surface area contributed by atoms with Gasteiger partial charge in [0, 0.05) is 55.7 Å². The monoisotopic (exact) mass is 567 g/mol. The second kappa shape index (κ2) is 12.5. The number of non-ortho nitro benzene ring substituents is 2. The molecule has 0 saturated heterocycles. The van der Waals surface area contributed by atoms with Gasteiger partial charge in [0.05, 0.1) is 16.5 Å². The van der Waals surface area contributed by atoms with Crippen molar-refractivity contribution in [3.05, 3.63) is 139 Å². The molecule has 42 heavy (non-hydrogen) atoms. The molecular weight excluding hydrogens is 534 g/mol. The quantitative estimate of drug-likeness (QED) is 0.154. The number of benzene rings is 3. The van der Waals surface area contributed by atoms with Gasteiger partial charge in [0.15, 0.2) is 0 Å². The minimum Gasteiger partial charge on any atom is -0.466 e. The van der Waals surface area contributed by atoms with E-state index in [0.717, 1.165) is 36.2 Å². The molecule has 9 nitrogen and oxygen atoms in total. The summed E-state index contributed by atoms with van der Waals surface area (Å²) in [5.74, 6) is -0.223. The van der Waals surface area contributed by atoms with E-state index < -0.39 is 5.41 Å². The number of ether oxygens (including phenoxy) is 1. The minimum absolute atomic E-state index is 0.0451. The third kappa shape index (κ3) is 6.16. The fraction of sp³-hybridized carbons (Fsp3) is 0.303. The first-order valence-corrected chi connectivity index (χ1v) is 14.1. The van der Waals surface area contributed by atoms with E-state index in [-0.39, 0.29) is 27.2 Å². The summed E-state index contributed by atoms with van der Waals surface area (Å²) >= 11 is 0. The van der Waals surface area contributed by atoms with Gasteiger partial charge in [-0.05, 0) is 54.0 Å². The fourth-order valence-corrected chi connectivity index (χ4v) is 6.11. The molecular formula is C33H33N3O6. The Morgan fingerprint density at radius 2 is 1.67 bits per heavy atom. The van der Waals surface area contributed by atoms with Crippen LogP contribution in [0.1, 0.15) is 54.0 Å². The summed E-state index contributed by atoms with van der Waals surface area (Å²) in [4.78, 5) is 36.1. The number of allylic oxidation sites excluding steroid dienone is 4. The summed E-state index contributed by atoms with van der Waals surface area (Å²) in [5.41, 5.74) is 6.36. The normalized spacial score (nSPS) is 18.2. The molecule has 0 fully saturated rings. The lowest BCUT2D eigenvalue weighted by Gasteiger charge is -2.39. The molecule has 216 valence electrons. The largest absolute Gasteiger partial charge is 0.466 e. The van der Waals surface area contributed by atoms with Crippen molar-refractivity contribution in [1.82, 2.24) is 4.90 Å². The summed E-state index contributed by atoms with van der Waals surface area (Å²) in [7, 11) is 0. The van der Waals surface area contributed by atoms with Crippen LogP contribution in [0.15, 0.2) is 90.5 Å². The smallest absolute Gasteiger partial charge is 0.306 e. The molecule has 2 aliphatic rings. The van der Waals surface area contributed by atoms with E-state index in [9.17, 15) is 25.0 Å². The van der Waals surface area contributed by atoms with Crippen molar-refractivity contribution in [2.45, 2.75) is 51.1 Å². The summed E-state index contributed by atoms with van der Waals surface area (Å²) in [6, 6.07) is 19.9. The van der Waals surface area contributed by atoms with Gasteiger partial charge in [-0.3, -0.25) is 29.9 Å². The third-order valence-corrected chi connectivity index (χ3v) is 8.15. The maximum atomic E-state index is 12.1. The molecule has 0 N–H and O–H groups in total. The molecule has 1 atom stereocenters. The lowest BCUT2D eigenvalue weighted by Crippen LogP contribution is -2.34. The number of hydrogen-bond donors (Lipinski definition) is 0. The highest BCUT2D eigenvalue weighted by atomic mass is 16.6. The second-order valence-electron chi connectivity index (χ2n) is 10.8. The zero-order valence-electron chi connectivity index (χ0n) is 23.5. The average Bonchev–Trinajstić information content (AvgIpc) is 3.00. The molecule has 3 aromatic carbocycles. The summed E-state index contributed by atoms with van der Waals surface area (Å²) in [5, 5.41) is 22.4. The Kier molecular flexibility index (Phi) is 8.59. The molecule has 0 aromatic heterocycles. The van der Waals surface area contributed by atoms with Gasteiger partial charge < -0.3 is 4.74 Å². The van der Waals surface area contributed by atoms with E-state index in [1.807, 2.05) is 30.3 Å². The predicted octanol–water partition coefficient (Wildman–Crippen LogP) is 6.58. The molecule has 3 aromatic rings. The zero-order chi connectivity index (χ0) is 29.7. The van der Waals surface area contributed by atoms with Crippen LogP contribution >= 0.6 is 0 Å². The fourth-order valence-electron chi connectivity index (χ4n) is 6.11. The highest BCUT2D eigenvalue weighted by Gasteiger charge is 2.37. The number of nitro benzene ring substituents is 2. The van der Waals surface area contributed by atoms with Gasteiger partial charge in [-0.15, -0.1) is 0 Å². The molecule has 1 unspecified atom stereocenters. The van der Waals surface area contributed by atoms with Crippen molar-refractivity contribution >= 4 is 17.3 Å². The van der Waals surface area contributed by atoms with Crippen LogP contribution in [-0.4, -0.2) is 33.9 Å². The molecule has 0 bridgehead atoms. The highest BCUT2D eigenvalue weighted by Crippen LogP contribution is 2.46. The van der Waals surface area contributed by atoms with Gasteiger partial charge in [0.25, 0.3) is 11.4 Å². The van der Waals surface area contributed by atoms with Crippen molar-refractivity contribution in [3.63, 3.8) is 0 Å². The van der Waals surface area contributed by atoms with Crippen LogP contribution in [0.2, 0.25) is 0 Å². The van der Waals surface area contributed by atoms with E-state index in [1.165, 1.54) is 16.7 Å². The standard InChI is InChI=1S/C33H33N3O6/c1-2-42-32(37)17-10-24-5-4-19-33(21-24,27-11-15-29(16-12-27)36(40)41)31-7-3-6-26-23-34(20-18-30(26)31)22-25-8-13-28(14-9-25)35(38)39/h3-9,11-16,19H,2,10,17-18,20-23H2,1H3. The van der Waals surface area contributed by atoms with Gasteiger partial charge in [-0.25, -0.2) is 0 Å². The second-order valence-corrected chi connectivity index (χ2v) is 10.8. The van der Waals surface area contributed by atoms with Crippen molar-refractivity contribution in [3.8, 4) is 0 Å². The molecule has 1 heterocycles. The summed E-state index contributed by atoms with van der Waals surface area (Å²) < 4.78 is 5.15. The first-order chi connectivity index (χ1) is 20.3. The lowest BCUT2D eigenvalue weighted by atomic mass is 9.65. The van der Waals surface area contributed by atoms with E-state index >= 15 is 0 Å². The summed E-state index contributed by atoms with van der Waals surface area (Å²) in [6.45, 7) is 4.40. The van der Waals surface area contributed by atoms with Gasteiger partial charge in [-0.1, -0.05) is 66.3 Å². The predicted molar refractivity (Wildman–Crippen MR) is 159 cm³/mol. The van der Waals surface area contributed by atoms with Gasteiger partial charge in [-0.2, -0.15) is 0 Å². The van der Waals surface area contributed by atoms with Crippen molar-refractivity contribution in [2.24, 2.45) is 0 Å².